The van der Waals surface area contributed by atoms with Crippen molar-refractivity contribution >= 4 is 0 Å². The molecule has 0 aliphatic carbocycles. The van der Waals surface area contributed by atoms with E-state index in [1.54, 1.807) is 0 Å². The lowest BCUT2D eigenvalue weighted by molar-refractivity contribution is 0.270. The molecule has 1 saturated heterocycles. The van der Waals surface area contributed by atoms with Crippen molar-refractivity contribution < 1.29 is 0 Å². The second-order valence-corrected chi connectivity index (χ2v) is 4.83. The number of hydrogen-bond donors (Lipinski definition) is 0. The van der Waals surface area contributed by atoms with E-state index in [4.69, 9.17) is 0 Å². The maximum Gasteiger partial charge on any atom is 0.00532 e. The van der Waals surface area contributed by atoms with Crippen molar-refractivity contribution in [3.05, 3.63) is 36.5 Å². The predicted molar refractivity (Wildman–Crippen MR) is 67.9 cm³/mol. The molecule has 1 unspecified atom stereocenters. The summed E-state index contributed by atoms with van der Waals surface area (Å²) in [6.45, 7) is 16.9. The molecule has 1 rings (SSSR count). The van der Waals surface area contributed by atoms with E-state index in [1.807, 2.05) is 6.92 Å². The number of likely N-dealkylation sites (tertiary alicyclic amines) is 1. The SMILES string of the molecule is C=C(C)/C=C\C(=C)C1CCN(C(C)C)C1. The first kappa shape index (κ1) is 12.3. The molecule has 0 N–H and O–H groups in total. The lowest BCUT2D eigenvalue weighted by atomic mass is 9.99. The Labute approximate surface area is 94.2 Å². The number of rotatable bonds is 4. The predicted octanol–water partition coefficient (Wildman–Crippen LogP) is 3.41. The van der Waals surface area contributed by atoms with Crippen LogP contribution in [0.2, 0.25) is 0 Å². The summed E-state index contributed by atoms with van der Waals surface area (Å²) in [6, 6.07) is 0.660. The van der Waals surface area contributed by atoms with Gasteiger partial charge in [-0.1, -0.05) is 36.5 Å². The van der Waals surface area contributed by atoms with Gasteiger partial charge in [0, 0.05) is 12.6 Å². The quantitative estimate of drug-likeness (QED) is 0.636. The monoisotopic (exact) mass is 205 g/mol. The molecule has 1 fully saturated rings. The van der Waals surface area contributed by atoms with Gasteiger partial charge in [-0.05, 0) is 39.7 Å². The van der Waals surface area contributed by atoms with Crippen LogP contribution in [0.15, 0.2) is 36.5 Å². The van der Waals surface area contributed by atoms with Crippen molar-refractivity contribution in [1.29, 1.82) is 0 Å². The van der Waals surface area contributed by atoms with Crippen LogP contribution in [0.3, 0.4) is 0 Å². The van der Waals surface area contributed by atoms with E-state index in [2.05, 4.69) is 44.1 Å². The molecule has 1 aliphatic heterocycles. The summed E-state index contributed by atoms with van der Waals surface area (Å²) in [5.41, 5.74) is 2.34. The molecule has 1 aliphatic rings. The van der Waals surface area contributed by atoms with Crippen LogP contribution in [-0.4, -0.2) is 24.0 Å². The van der Waals surface area contributed by atoms with Gasteiger partial charge in [0.2, 0.25) is 0 Å². The Hall–Kier alpha value is -0.820. The smallest absolute Gasteiger partial charge is 0.00532 e. The third-order valence-corrected chi connectivity index (χ3v) is 3.06. The highest BCUT2D eigenvalue weighted by Gasteiger charge is 2.24. The molecule has 0 aromatic carbocycles. The molecule has 0 aromatic heterocycles. The summed E-state index contributed by atoms with van der Waals surface area (Å²) in [6.07, 6.45) is 5.43. The molecule has 84 valence electrons. The molecule has 0 saturated carbocycles. The summed E-state index contributed by atoms with van der Waals surface area (Å²) in [5.74, 6) is 0.642. The van der Waals surface area contributed by atoms with Gasteiger partial charge >= 0.3 is 0 Å². The fraction of sp³-hybridized carbons (Fsp3) is 0.571. The molecular weight excluding hydrogens is 182 g/mol. The van der Waals surface area contributed by atoms with E-state index in [9.17, 15) is 0 Å². The first-order valence-corrected chi connectivity index (χ1v) is 5.77. The Bertz CT molecular complexity index is 273. The molecule has 1 atom stereocenters. The summed E-state index contributed by atoms with van der Waals surface area (Å²) in [7, 11) is 0. The zero-order chi connectivity index (χ0) is 11.4. The molecule has 1 heterocycles. The first-order chi connectivity index (χ1) is 7.00. The van der Waals surface area contributed by atoms with Gasteiger partial charge in [0.05, 0.1) is 0 Å². The Balaban J connectivity index is 2.47. The van der Waals surface area contributed by atoms with E-state index in [0.717, 1.165) is 12.1 Å². The fourth-order valence-electron chi connectivity index (χ4n) is 1.94. The largest absolute Gasteiger partial charge is 0.300 e. The normalized spacial score (nSPS) is 22.8. The van der Waals surface area contributed by atoms with Crippen LogP contribution >= 0.6 is 0 Å². The first-order valence-electron chi connectivity index (χ1n) is 5.77. The average molecular weight is 205 g/mol. The summed E-state index contributed by atoms with van der Waals surface area (Å²) < 4.78 is 0. The topological polar surface area (TPSA) is 3.24 Å². The van der Waals surface area contributed by atoms with Crippen LogP contribution in [0, 0.1) is 5.92 Å². The number of hydrogen-bond acceptors (Lipinski definition) is 1. The second kappa shape index (κ2) is 5.32. The summed E-state index contributed by atoms with van der Waals surface area (Å²) in [5, 5.41) is 0. The minimum Gasteiger partial charge on any atom is -0.300 e. The van der Waals surface area contributed by atoms with Crippen molar-refractivity contribution in [1.82, 2.24) is 4.90 Å². The van der Waals surface area contributed by atoms with Crippen molar-refractivity contribution in [3.63, 3.8) is 0 Å². The van der Waals surface area contributed by atoms with Crippen molar-refractivity contribution in [2.24, 2.45) is 5.92 Å². The third-order valence-electron chi connectivity index (χ3n) is 3.06. The van der Waals surface area contributed by atoms with Gasteiger partial charge in [0.25, 0.3) is 0 Å². The van der Waals surface area contributed by atoms with Crippen LogP contribution in [0.1, 0.15) is 27.2 Å². The highest BCUT2D eigenvalue weighted by atomic mass is 15.2. The Morgan fingerprint density at radius 2 is 2.00 bits per heavy atom. The van der Waals surface area contributed by atoms with Gasteiger partial charge in [0.1, 0.15) is 0 Å². The van der Waals surface area contributed by atoms with E-state index in [1.165, 1.54) is 18.5 Å². The van der Waals surface area contributed by atoms with E-state index >= 15 is 0 Å². The van der Waals surface area contributed by atoms with Crippen LogP contribution in [-0.2, 0) is 0 Å². The zero-order valence-electron chi connectivity index (χ0n) is 10.3. The lowest BCUT2D eigenvalue weighted by Crippen LogP contribution is -2.28. The Morgan fingerprint density at radius 1 is 1.33 bits per heavy atom. The maximum absolute atomic E-state index is 4.15. The molecule has 0 amide bonds. The number of allylic oxidation sites excluding steroid dienone is 3. The molecule has 0 aromatic rings. The molecule has 0 bridgehead atoms. The molecule has 0 spiro atoms. The molecule has 1 heteroatoms. The van der Waals surface area contributed by atoms with Crippen LogP contribution in [0.25, 0.3) is 0 Å². The summed E-state index contributed by atoms with van der Waals surface area (Å²) in [4.78, 5) is 2.52. The van der Waals surface area contributed by atoms with E-state index < -0.39 is 0 Å². The molecule has 1 nitrogen and oxygen atoms in total. The van der Waals surface area contributed by atoms with Gasteiger partial charge < -0.3 is 4.90 Å². The van der Waals surface area contributed by atoms with Gasteiger partial charge in [0.15, 0.2) is 0 Å². The van der Waals surface area contributed by atoms with Gasteiger partial charge in [-0.2, -0.15) is 0 Å². The Morgan fingerprint density at radius 3 is 2.47 bits per heavy atom. The van der Waals surface area contributed by atoms with E-state index in [0.29, 0.717) is 12.0 Å². The molecular formula is C14H23N. The van der Waals surface area contributed by atoms with Crippen molar-refractivity contribution in [3.8, 4) is 0 Å². The van der Waals surface area contributed by atoms with Gasteiger partial charge in [-0.3, -0.25) is 0 Å². The Kier molecular flexibility index (Phi) is 4.34. The van der Waals surface area contributed by atoms with Gasteiger partial charge in [-0.15, -0.1) is 0 Å². The average Bonchev–Trinajstić information content (AvgIpc) is 2.62. The van der Waals surface area contributed by atoms with Gasteiger partial charge in [-0.25, -0.2) is 0 Å². The van der Waals surface area contributed by atoms with Crippen molar-refractivity contribution in [2.45, 2.75) is 33.2 Å². The number of nitrogens with zero attached hydrogens (tertiary/aromatic N) is 1. The van der Waals surface area contributed by atoms with Crippen molar-refractivity contribution in [2.75, 3.05) is 13.1 Å². The molecule has 15 heavy (non-hydrogen) atoms. The maximum atomic E-state index is 4.15. The van der Waals surface area contributed by atoms with Crippen LogP contribution in [0.4, 0.5) is 0 Å². The zero-order valence-corrected chi connectivity index (χ0v) is 10.3. The van der Waals surface area contributed by atoms with Crippen LogP contribution in [0.5, 0.6) is 0 Å². The second-order valence-electron chi connectivity index (χ2n) is 4.83. The third kappa shape index (κ3) is 3.67. The lowest BCUT2D eigenvalue weighted by Gasteiger charge is -2.20. The summed E-state index contributed by atoms with van der Waals surface area (Å²) >= 11 is 0. The minimum absolute atomic E-state index is 0.642. The molecule has 0 radical (unpaired) electrons. The highest BCUT2D eigenvalue weighted by Crippen LogP contribution is 2.25. The fourth-order valence-corrected chi connectivity index (χ4v) is 1.94. The standard InChI is InChI=1S/C14H23N/c1-11(2)6-7-13(5)14-8-9-15(10-14)12(3)4/h6-7,12,14H,1,5,8-10H2,2-4H3/b7-6-. The highest BCUT2D eigenvalue weighted by molar-refractivity contribution is 5.25. The van der Waals surface area contributed by atoms with Crippen LogP contribution < -0.4 is 0 Å². The van der Waals surface area contributed by atoms with E-state index in [-0.39, 0.29) is 0 Å². The minimum atomic E-state index is 0.642.